The summed E-state index contributed by atoms with van der Waals surface area (Å²) in [6.45, 7) is 3.98. The van der Waals surface area contributed by atoms with Gasteiger partial charge in [0.05, 0.1) is 6.07 Å². The Morgan fingerprint density at radius 1 is 1.25 bits per heavy atom. The molecule has 1 N–H and O–H groups in total. The van der Waals surface area contributed by atoms with E-state index < -0.39 is 16.7 Å². The second-order valence-electron chi connectivity index (χ2n) is 6.46. The second-order valence-corrected chi connectivity index (χ2v) is 6.46. The van der Waals surface area contributed by atoms with Crippen LogP contribution in [0, 0.1) is 10.1 Å². The zero-order valence-electron chi connectivity index (χ0n) is 13.7. The maximum Gasteiger partial charge on any atom is 0.433 e. The number of ether oxygens (including phenoxy) is 1. The Kier molecular flexibility index (Phi) is 5.15. The van der Waals surface area contributed by atoms with Crippen LogP contribution in [0.4, 0.5) is 5.88 Å². The Morgan fingerprint density at radius 3 is 2.58 bits per heavy atom. The Labute approximate surface area is 140 Å². The van der Waals surface area contributed by atoms with Crippen molar-refractivity contribution in [3.05, 3.63) is 28.0 Å². The lowest BCUT2D eigenvalue weighted by atomic mass is 9.86. The molecule has 8 heteroatoms. The number of nitrogens with one attached hydrogen (secondary N) is 1. The number of carbonyl (C=O) groups is 1. The molecule has 0 aliphatic carbocycles. The predicted octanol–water partition coefficient (Wildman–Crippen LogP) is 1.95. The van der Waals surface area contributed by atoms with Gasteiger partial charge >= 0.3 is 5.88 Å². The molecule has 1 amide bonds. The van der Waals surface area contributed by atoms with Crippen molar-refractivity contribution in [1.29, 1.82) is 0 Å². The predicted molar refractivity (Wildman–Crippen MR) is 85.9 cm³/mol. The molecule has 2 aliphatic rings. The summed E-state index contributed by atoms with van der Waals surface area (Å²) in [5.41, 5.74) is -0.0904. The van der Waals surface area contributed by atoms with Crippen LogP contribution < -0.4 is 5.32 Å². The van der Waals surface area contributed by atoms with Gasteiger partial charge in [-0.1, -0.05) is 6.42 Å². The largest absolute Gasteiger partial charge is 0.433 e. The van der Waals surface area contributed by atoms with Crippen LogP contribution in [0.15, 0.2) is 16.5 Å². The number of piperidine rings is 1. The molecule has 0 atom stereocenters. The molecular weight excluding hydrogens is 314 g/mol. The first-order chi connectivity index (χ1) is 11.6. The Hall–Kier alpha value is -1.93. The smallest absolute Gasteiger partial charge is 0.395 e. The minimum Gasteiger partial charge on any atom is -0.395 e. The van der Waals surface area contributed by atoms with E-state index in [1.54, 1.807) is 0 Å². The normalized spacial score (nSPS) is 21.3. The van der Waals surface area contributed by atoms with Crippen molar-refractivity contribution in [2.75, 3.05) is 32.8 Å². The Balaban J connectivity index is 1.66. The molecule has 2 saturated heterocycles. The monoisotopic (exact) mass is 337 g/mol. The molecule has 0 radical (unpaired) electrons. The minimum atomic E-state index is -0.648. The highest BCUT2D eigenvalue weighted by molar-refractivity contribution is 5.91. The number of furan rings is 1. The van der Waals surface area contributed by atoms with E-state index in [1.807, 2.05) is 0 Å². The van der Waals surface area contributed by atoms with E-state index in [2.05, 4.69) is 10.2 Å². The van der Waals surface area contributed by atoms with Gasteiger partial charge in [0.1, 0.15) is 4.92 Å². The van der Waals surface area contributed by atoms with Crippen molar-refractivity contribution in [3.63, 3.8) is 0 Å². The summed E-state index contributed by atoms with van der Waals surface area (Å²) in [5, 5.41) is 13.6. The van der Waals surface area contributed by atoms with Crippen LogP contribution in [0.3, 0.4) is 0 Å². The van der Waals surface area contributed by atoms with Gasteiger partial charge in [0.2, 0.25) is 0 Å². The number of likely N-dealkylation sites (tertiary alicyclic amines) is 1. The van der Waals surface area contributed by atoms with Gasteiger partial charge in [0.15, 0.2) is 5.76 Å². The molecule has 0 aromatic carbocycles. The summed E-state index contributed by atoms with van der Waals surface area (Å²) in [4.78, 5) is 24.8. The van der Waals surface area contributed by atoms with Crippen LogP contribution in [0.1, 0.15) is 42.7 Å². The van der Waals surface area contributed by atoms with Crippen LogP contribution in [0.5, 0.6) is 0 Å². The molecule has 0 saturated carbocycles. The molecule has 8 nitrogen and oxygen atoms in total. The van der Waals surface area contributed by atoms with E-state index in [0.717, 1.165) is 25.9 Å². The van der Waals surface area contributed by atoms with Crippen LogP contribution in [0.25, 0.3) is 0 Å². The van der Waals surface area contributed by atoms with Crippen molar-refractivity contribution in [1.82, 2.24) is 10.2 Å². The van der Waals surface area contributed by atoms with Gasteiger partial charge in [-0.15, -0.1) is 0 Å². The quantitative estimate of drug-likeness (QED) is 0.651. The maximum absolute atomic E-state index is 12.3. The molecule has 2 aliphatic heterocycles. The molecule has 3 heterocycles. The third-order valence-corrected chi connectivity index (χ3v) is 5.02. The molecule has 24 heavy (non-hydrogen) atoms. The summed E-state index contributed by atoms with van der Waals surface area (Å²) in [6, 6.07) is 2.54. The second kappa shape index (κ2) is 7.31. The standard InChI is InChI=1S/C16H23N3O5/c20-15(13-4-5-14(24-13)19(21)22)17-12-16(6-10-23-11-7-16)18-8-2-1-3-9-18/h4-5H,1-3,6-12H2,(H,17,20). The lowest BCUT2D eigenvalue weighted by Gasteiger charge is -2.48. The number of rotatable bonds is 5. The molecule has 1 aromatic rings. The fourth-order valence-corrected chi connectivity index (χ4v) is 3.60. The van der Waals surface area contributed by atoms with Crippen molar-refractivity contribution >= 4 is 11.8 Å². The SMILES string of the molecule is O=C(NCC1(N2CCCCC2)CCOCC1)c1ccc([N+](=O)[O-])o1. The fourth-order valence-electron chi connectivity index (χ4n) is 3.60. The average Bonchev–Trinajstić information content (AvgIpc) is 3.12. The van der Waals surface area contributed by atoms with Gasteiger partial charge in [-0.05, 0) is 44.8 Å². The summed E-state index contributed by atoms with van der Waals surface area (Å²) in [7, 11) is 0. The van der Waals surface area contributed by atoms with Gasteiger partial charge < -0.3 is 14.5 Å². The van der Waals surface area contributed by atoms with Gasteiger partial charge in [-0.25, -0.2) is 0 Å². The summed E-state index contributed by atoms with van der Waals surface area (Å²) in [5.74, 6) is -0.856. The van der Waals surface area contributed by atoms with Crippen molar-refractivity contribution < 1.29 is 18.9 Å². The van der Waals surface area contributed by atoms with E-state index in [-0.39, 0.29) is 11.3 Å². The number of hydrogen-bond acceptors (Lipinski definition) is 6. The Bertz CT molecular complexity index is 588. The summed E-state index contributed by atoms with van der Waals surface area (Å²) < 4.78 is 10.5. The molecular formula is C16H23N3O5. The first-order valence-electron chi connectivity index (χ1n) is 8.46. The van der Waals surface area contributed by atoms with Crippen LogP contribution in [-0.4, -0.2) is 54.1 Å². The van der Waals surface area contributed by atoms with Gasteiger partial charge in [0.25, 0.3) is 5.91 Å². The van der Waals surface area contributed by atoms with E-state index >= 15 is 0 Å². The first-order valence-corrected chi connectivity index (χ1v) is 8.46. The van der Waals surface area contributed by atoms with Crippen LogP contribution in [0.2, 0.25) is 0 Å². The number of amides is 1. The van der Waals surface area contributed by atoms with E-state index in [1.165, 1.54) is 31.4 Å². The zero-order valence-corrected chi connectivity index (χ0v) is 13.7. The third-order valence-electron chi connectivity index (χ3n) is 5.02. The maximum atomic E-state index is 12.3. The zero-order chi connectivity index (χ0) is 17.0. The first kappa shape index (κ1) is 16.9. The van der Waals surface area contributed by atoms with Gasteiger partial charge in [-0.2, -0.15) is 0 Å². The average molecular weight is 337 g/mol. The van der Waals surface area contributed by atoms with Crippen molar-refractivity contribution in [3.8, 4) is 0 Å². The highest BCUT2D eigenvalue weighted by atomic mass is 16.6. The van der Waals surface area contributed by atoms with E-state index in [9.17, 15) is 14.9 Å². The minimum absolute atomic E-state index is 0.0254. The molecule has 0 bridgehead atoms. The van der Waals surface area contributed by atoms with Gasteiger partial charge in [0, 0.05) is 25.3 Å². The van der Waals surface area contributed by atoms with E-state index in [4.69, 9.17) is 9.15 Å². The highest BCUT2D eigenvalue weighted by Crippen LogP contribution is 2.30. The lowest BCUT2D eigenvalue weighted by molar-refractivity contribution is -0.402. The molecule has 3 rings (SSSR count). The number of nitrogens with zero attached hydrogens (tertiary/aromatic N) is 2. The molecule has 132 valence electrons. The van der Waals surface area contributed by atoms with Crippen molar-refractivity contribution in [2.45, 2.75) is 37.6 Å². The topological polar surface area (TPSA) is 97.9 Å². The summed E-state index contributed by atoms with van der Waals surface area (Å²) >= 11 is 0. The molecule has 0 unspecified atom stereocenters. The van der Waals surface area contributed by atoms with E-state index in [0.29, 0.717) is 19.8 Å². The number of carbonyl (C=O) groups excluding carboxylic acids is 1. The molecule has 2 fully saturated rings. The van der Waals surface area contributed by atoms with Crippen LogP contribution in [-0.2, 0) is 4.74 Å². The number of hydrogen-bond donors (Lipinski definition) is 1. The molecule has 1 aromatic heterocycles. The van der Waals surface area contributed by atoms with Crippen molar-refractivity contribution in [2.24, 2.45) is 0 Å². The fraction of sp³-hybridized carbons (Fsp3) is 0.688. The van der Waals surface area contributed by atoms with Crippen LogP contribution >= 0.6 is 0 Å². The summed E-state index contributed by atoms with van der Waals surface area (Å²) in [6.07, 6.45) is 5.38. The lowest BCUT2D eigenvalue weighted by Crippen LogP contribution is -2.59. The molecule has 0 spiro atoms. The third kappa shape index (κ3) is 3.59. The highest BCUT2D eigenvalue weighted by Gasteiger charge is 2.39. The van der Waals surface area contributed by atoms with Gasteiger partial charge in [-0.3, -0.25) is 19.8 Å². The number of nitro groups is 1. The Morgan fingerprint density at radius 2 is 1.96 bits per heavy atom.